The number of nitrogens with two attached hydrogens (primary N) is 1. The van der Waals surface area contributed by atoms with Gasteiger partial charge in [-0.25, -0.2) is 22.0 Å². The SMILES string of the molecule is CN(C)C=NS(=O)(=O)C(Br)CS(N)(=O)=O. The largest absolute Gasteiger partial charge is 0.368 e. The van der Waals surface area contributed by atoms with Gasteiger partial charge in [0.2, 0.25) is 10.0 Å². The number of hydrogen-bond acceptors (Lipinski definition) is 4. The highest BCUT2D eigenvalue weighted by molar-refractivity contribution is 9.11. The van der Waals surface area contributed by atoms with Gasteiger partial charge in [-0.3, -0.25) is 0 Å². The molecule has 0 aliphatic rings. The zero-order valence-corrected chi connectivity index (χ0v) is 11.4. The van der Waals surface area contributed by atoms with Crippen molar-refractivity contribution in [3.63, 3.8) is 0 Å². The maximum atomic E-state index is 11.3. The lowest BCUT2D eigenvalue weighted by Crippen LogP contribution is -2.28. The lowest BCUT2D eigenvalue weighted by molar-refractivity contribution is 0.586. The van der Waals surface area contributed by atoms with E-state index >= 15 is 0 Å². The highest BCUT2D eigenvalue weighted by atomic mass is 79.9. The van der Waals surface area contributed by atoms with Crippen molar-refractivity contribution in [2.75, 3.05) is 19.8 Å². The molecular weight excluding hydrogens is 310 g/mol. The van der Waals surface area contributed by atoms with Crippen LogP contribution in [0.2, 0.25) is 0 Å². The van der Waals surface area contributed by atoms with Crippen LogP contribution in [0, 0.1) is 0 Å². The van der Waals surface area contributed by atoms with Gasteiger partial charge in [-0.05, 0) is 0 Å². The second-order valence-corrected chi connectivity index (χ2v) is 8.12. The summed E-state index contributed by atoms with van der Waals surface area (Å²) in [5.74, 6) is -0.722. The third-order valence-electron chi connectivity index (χ3n) is 1.11. The van der Waals surface area contributed by atoms with Gasteiger partial charge in [0.25, 0.3) is 10.0 Å². The number of sulfonamides is 2. The van der Waals surface area contributed by atoms with Crippen molar-refractivity contribution in [3.8, 4) is 0 Å². The second-order valence-electron chi connectivity index (χ2n) is 2.94. The molecule has 1 unspecified atom stereocenters. The van der Waals surface area contributed by atoms with Crippen LogP contribution in [-0.4, -0.2) is 52.1 Å². The molecule has 0 aromatic rings. The molecule has 0 saturated carbocycles. The molecule has 90 valence electrons. The molecule has 0 aromatic heterocycles. The number of nitrogens with zero attached hydrogens (tertiary/aromatic N) is 2. The summed E-state index contributed by atoms with van der Waals surface area (Å²) >= 11 is 2.71. The van der Waals surface area contributed by atoms with E-state index in [0.717, 1.165) is 6.34 Å². The number of rotatable bonds is 5. The van der Waals surface area contributed by atoms with Crippen LogP contribution in [-0.2, 0) is 20.0 Å². The van der Waals surface area contributed by atoms with E-state index in [2.05, 4.69) is 20.3 Å². The van der Waals surface area contributed by atoms with Crippen LogP contribution < -0.4 is 5.14 Å². The lowest BCUT2D eigenvalue weighted by atomic mass is 11.0. The molecule has 0 amide bonds. The van der Waals surface area contributed by atoms with Crippen LogP contribution in [0.3, 0.4) is 0 Å². The molecule has 0 radical (unpaired) electrons. The minimum absolute atomic E-state index is 0.722. The lowest BCUT2D eigenvalue weighted by Gasteiger charge is -2.07. The van der Waals surface area contributed by atoms with Crippen molar-refractivity contribution >= 4 is 42.3 Å². The van der Waals surface area contributed by atoms with Gasteiger partial charge in [0.15, 0.2) is 4.16 Å². The quantitative estimate of drug-likeness (QED) is 0.393. The van der Waals surface area contributed by atoms with Gasteiger partial charge in [-0.1, -0.05) is 15.9 Å². The topological polar surface area (TPSA) is 110 Å². The average molecular weight is 322 g/mol. The van der Waals surface area contributed by atoms with Crippen molar-refractivity contribution in [1.29, 1.82) is 0 Å². The van der Waals surface area contributed by atoms with Crippen molar-refractivity contribution in [2.24, 2.45) is 9.54 Å². The van der Waals surface area contributed by atoms with Crippen molar-refractivity contribution in [1.82, 2.24) is 4.90 Å². The van der Waals surface area contributed by atoms with E-state index in [1.165, 1.54) is 4.90 Å². The molecular formula is C5H12BrN3O4S2. The third kappa shape index (κ3) is 6.82. The molecule has 7 nitrogen and oxygen atoms in total. The van der Waals surface area contributed by atoms with E-state index in [4.69, 9.17) is 5.14 Å². The van der Waals surface area contributed by atoms with Crippen LogP contribution in [0.25, 0.3) is 0 Å². The average Bonchev–Trinajstić information content (AvgIpc) is 1.97. The summed E-state index contributed by atoms with van der Waals surface area (Å²) in [5.41, 5.74) is 0. The summed E-state index contributed by atoms with van der Waals surface area (Å²) < 4.78 is 45.8. The Morgan fingerprint density at radius 1 is 1.40 bits per heavy atom. The van der Waals surface area contributed by atoms with Crippen LogP contribution in [0.5, 0.6) is 0 Å². The fourth-order valence-electron chi connectivity index (χ4n) is 0.495. The van der Waals surface area contributed by atoms with E-state index in [9.17, 15) is 16.8 Å². The van der Waals surface area contributed by atoms with Gasteiger partial charge in [0.1, 0.15) is 6.34 Å². The highest BCUT2D eigenvalue weighted by Crippen LogP contribution is 2.12. The Labute approximate surface area is 97.6 Å². The first-order valence-corrected chi connectivity index (χ1v) is 7.78. The molecule has 0 aliphatic heterocycles. The maximum Gasteiger partial charge on any atom is 0.268 e. The summed E-state index contributed by atoms with van der Waals surface area (Å²) in [5, 5.41) is 4.70. The van der Waals surface area contributed by atoms with Crippen molar-refractivity contribution in [2.45, 2.75) is 4.16 Å². The summed E-state index contributed by atoms with van der Waals surface area (Å²) in [6, 6.07) is 0. The third-order valence-corrected chi connectivity index (χ3v) is 5.49. The van der Waals surface area contributed by atoms with Gasteiger partial charge in [-0.15, -0.1) is 0 Å². The van der Waals surface area contributed by atoms with Gasteiger partial charge in [0.05, 0.1) is 5.75 Å². The van der Waals surface area contributed by atoms with Crippen LogP contribution in [0.4, 0.5) is 0 Å². The zero-order valence-electron chi connectivity index (χ0n) is 8.16. The van der Waals surface area contributed by atoms with Crippen LogP contribution in [0.1, 0.15) is 0 Å². The Balaban J connectivity index is 4.76. The normalized spacial score (nSPS) is 15.5. The number of primary sulfonamides is 1. The molecule has 0 saturated heterocycles. The Hall–Kier alpha value is -0.190. The fourth-order valence-corrected chi connectivity index (χ4v) is 3.96. The monoisotopic (exact) mass is 321 g/mol. The Kier molecular flexibility index (Phi) is 5.17. The molecule has 0 rings (SSSR count). The minimum Gasteiger partial charge on any atom is -0.368 e. The van der Waals surface area contributed by atoms with Gasteiger partial charge in [-0.2, -0.15) is 4.40 Å². The first-order chi connectivity index (χ1) is 6.54. The highest BCUT2D eigenvalue weighted by Gasteiger charge is 2.25. The van der Waals surface area contributed by atoms with Gasteiger partial charge < -0.3 is 4.90 Å². The molecule has 2 N–H and O–H groups in total. The van der Waals surface area contributed by atoms with Gasteiger partial charge in [0, 0.05) is 14.1 Å². The number of alkyl halides is 1. The van der Waals surface area contributed by atoms with Gasteiger partial charge >= 0.3 is 0 Å². The molecule has 15 heavy (non-hydrogen) atoms. The Bertz CT molecular complexity index is 427. The summed E-state index contributed by atoms with van der Waals surface area (Å²) in [4.78, 5) is 1.41. The summed E-state index contributed by atoms with van der Waals surface area (Å²) in [6.07, 6.45) is 1.06. The summed E-state index contributed by atoms with van der Waals surface area (Å²) in [6.45, 7) is 0. The molecule has 10 heteroatoms. The molecule has 1 atom stereocenters. The molecule has 0 aromatic carbocycles. The first-order valence-electron chi connectivity index (χ1n) is 3.65. The standard InChI is InChI=1S/C5H12BrN3O4S2/c1-9(2)4-8-15(12,13)5(6)3-14(7,10)11/h4-5H,3H2,1-2H3,(H2,7,10,11). The Morgan fingerprint density at radius 2 is 1.87 bits per heavy atom. The smallest absolute Gasteiger partial charge is 0.268 e. The number of hydrogen-bond donors (Lipinski definition) is 1. The molecule has 0 spiro atoms. The van der Waals surface area contributed by atoms with Crippen LogP contribution in [0.15, 0.2) is 4.40 Å². The number of halogens is 1. The second kappa shape index (κ2) is 5.23. The van der Waals surface area contributed by atoms with E-state index in [-0.39, 0.29) is 0 Å². The molecule has 0 aliphatic carbocycles. The van der Waals surface area contributed by atoms with Crippen molar-refractivity contribution < 1.29 is 16.8 Å². The van der Waals surface area contributed by atoms with E-state index < -0.39 is 30.0 Å². The summed E-state index contributed by atoms with van der Waals surface area (Å²) in [7, 11) is -4.59. The van der Waals surface area contributed by atoms with E-state index in [0.29, 0.717) is 0 Å². The van der Waals surface area contributed by atoms with Crippen LogP contribution >= 0.6 is 15.9 Å². The molecule has 0 fully saturated rings. The minimum atomic E-state index is -3.90. The molecule has 0 bridgehead atoms. The predicted octanol–water partition coefficient (Wildman–Crippen LogP) is -1.08. The maximum absolute atomic E-state index is 11.3. The van der Waals surface area contributed by atoms with E-state index in [1.807, 2.05) is 0 Å². The zero-order chi connectivity index (χ0) is 12.3. The molecule has 0 heterocycles. The van der Waals surface area contributed by atoms with E-state index in [1.54, 1.807) is 14.1 Å². The Morgan fingerprint density at radius 3 is 2.20 bits per heavy atom. The van der Waals surface area contributed by atoms with Crippen molar-refractivity contribution in [3.05, 3.63) is 0 Å². The first kappa shape index (κ1) is 14.8. The predicted molar refractivity (Wildman–Crippen MR) is 61.8 cm³/mol. The fraction of sp³-hybridized carbons (Fsp3) is 0.800.